The van der Waals surface area contributed by atoms with E-state index in [4.69, 9.17) is 14.2 Å². The van der Waals surface area contributed by atoms with Gasteiger partial charge in [0, 0.05) is 47.9 Å². The van der Waals surface area contributed by atoms with Gasteiger partial charge in [-0.25, -0.2) is 4.79 Å². The fourth-order valence-corrected chi connectivity index (χ4v) is 7.82. The van der Waals surface area contributed by atoms with E-state index in [1.807, 2.05) is 74.3 Å². The summed E-state index contributed by atoms with van der Waals surface area (Å²) in [4.78, 5) is 86.2. The summed E-state index contributed by atoms with van der Waals surface area (Å²) < 4.78 is 17.2. The molecule has 1 aliphatic rings. The summed E-state index contributed by atoms with van der Waals surface area (Å²) in [5.41, 5.74) is -0.601. The molecule has 0 aliphatic carbocycles. The third-order valence-electron chi connectivity index (χ3n) is 11.3. The normalized spacial score (nSPS) is 18.8. The molecule has 0 aromatic heterocycles. The van der Waals surface area contributed by atoms with E-state index in [0.29, 0.717) is 45.3 Å². The topological polar surface area (TPSA) is 187 Å². The van der Waals surface area contributed by atoms with E-state index < -0.39 is 71.9 Å². The van der Waals surface area contributed by atoms with Crippen LogP contribution in [0.3, 0.4) is 0 Å². The molecule has 0 spiro atoms. The van der Waals surface area contributed by atoms with Crippen LogP contribution in [0.25, 0.3) is 0 Å². The number of hydrogen-bond acceptors (Lipinski definition) is 10. The minimum Gasteiger partial charge on any atom is -0.480 e. The van der Waals surface area contributed by atoms with E-state index in [0.717, 1.165) is 0 Å². The van der Waals surface area contributed by atoms with Gasteiger partial charge in [0.1, 0.15) is 17.7 Å². The molecule has 0 aromatic carbocycles. The van der Waals surface area contributed by atoms with Crippen molar-refractivity contribution in [3.8, 4) is 0 Å². The lowest BCUT2D eigenvalue weighted by atomic mass is 9.89. The van der Waals surface area contributed by atoms with Crippen molar-refractivity contribution in [3.05, 3.63) is 0 Å². The number of rotatable bonds is 23. The predicted molar refractivity (Wildman–Crippen MR) is 223 cm³/mol. The standard InChI is InChI=1S/C42H78N6O10/c1-17-27(6)35(31(56-15)24-32(49)48-23-18-20-30(48)36(57-16)28(7)37(50)43-29(8)40(53)54)47(14)39(52)33(25(2)3)44-38(51)34(26(4)5)45(12)21-19-22-46(13)41(55)58-42(9,10)11/h25-31,33-36H,17-24H2,1-16H3,(H,43,50)(H,44,51)(H,53,54)/t27-,28+,29-,30-,31+,33-,34-,35-,36+/m0/s1. The van der Waals surface area contributed by atoms with Gasteiger partial charge in [0.2, 0.25) is 23.6 Å². The van der Waals surface area contributed by atoms with Gasteiger partial charge in [0.25, 0.3) is 0 Å². The van der Waals surface area contributed by atoms with Crippen LogP contribution in [0, 0.1) is 23.7 Å². The first-order valence-corrected chi connectivity index (χ1v) is 20.9. The summed E-state index contributed by atoms with van der Waals surface area (Å²) >= 11 is 0. The Hall–Kier alpha value is -3.50. The second kappa shape index (κ2) is 23.9. The van der Waals surface area contributed by atoms with E-state index in [9.17, 15) is 33.9 Å². The molecule has 5 amide bonds. The van der Waals surface area contributed by atoms with Crippen molar-refractivity contribution in [2.45, 2.75) is 156 Å². The van der Waals surface area contributed by atoms with Gasteiger partial charge < -0.3 is 44.7 Å². The summed E-state index contributed by atoms with van der Waals surface area (Å²) in [6.07, 6.45) is 0.800. The number of carboxylic acids is 1. The molecule has 1 saturated heterocycles. The van der Waals surface area contributed by atoms with Crippen LogP contribution in [0.1, 0.15) is 108 Å². The first-order valence-electron chi connectivity index (χ1n) is 20.9. The highest BCUT2D eigenvalue weighted by Gasteiger charge is 2.43. The molecular formula is C42H78N6O10. The van der Waals surface area contributed by atoms with Gasteiger partial charge in [-0.1, -0.05) is 54.9 Å². The van der Waals surface area contributed by atoms with Crippen LogP contribution in [0.15, 0.2) is 0 Å². The molecule has 336 valence electrons. The smallest absolute Gasteiger partial charge is 0.410 e. The highest BCUT2D eigenvalue weighted by atomic mass is 16.6. The van der Waals surface area contributed by atoms with Crippen LogP contribution < -0.4 is 10.6 Å². The lowest BCUT2D eigenvalue weighted by Crippen LogP contribution is -2.60. The van der Waals surface area contributed by atoms with E-state index in [1.54, 1.807) is 30.8 Å². The highest BCUT2D eigenvalue weighted by molar-refractivity contribution is 5.90. The number of nitrogens with zero attached hydrogens (tertiary/aromatic N) is 4. The molecule has 1 rings (SSSR count). The number of likely N-dealkylation sites (N-methyl/N-ethyl adjacent to an activating group) is 2. The molecule has 0 aromatic rings. The number of nitrogens with one attached hydrogen (secondary N) is 2. The fourth-order valence-electron chi connectivity index (χ4n) is 7.82. The molecule has 58 heavy (non-hydrogen) atoms. The van der Waals surface area contributed by atoms with Crippen LogP contribution in [0.2, 0.25) is 0 Å². The zero-order valence-corrected chi connectivity index (χ0v) is 38.4. The van der Waals surface area contributed by atoms with Crippen molar-refractivity contribution < 1.29 is 48.1 Å². The number of carbonyl (C=O) groups excluding carboxylic acids is 5. The van der Waals surface area contributed by atoms with Gasteiger partial charge in [-0.15, -0.1) is 0 Å². The average molecular weight is 827 g/mol. The molecule has 0 bridgehead atoms. The maximum Gasteiger partial charge on any atom is 0.410 e. The Labute approximate surface area is 348 Å². The summed E-state index contributed by atoms with van der Waals surface area (Å²) in [5.74, 6) is -3.54. The third-order valence-corrected chi connectivity index (χ3v) is 11.3. The quantitative estimate of drug-likeness (QED) is 0.136. The Morgan fingerprint density at radius 2 is 1.47 bits per heavy atom. The van der Waals surface area contributed by atoms with Crippen molar-refractivity contribution in [1.29, 1.82) is 0 Å². The summed E-state index contributed by atoms with van der Waals surface area (Å²) in [6, 6.07) is -3.41. The molecule has 9 atom stereocenters. The van der Waals surface area contributed by atoms with Crippen LogP contribution in [0.4, 0.5) is 4.79 Å². The molecular weight excluding hydrogens is 748 g/mol. The van der Waals surface area contributed by atoms with Crippen LogP contribution in [-0.2, 0) is 38.2 Å². The number of carboxylic acid groups (broad SMARTS) is 1. The lowest BCUT2D eigenvalue weighted by Gasteiger charge is -2.41. The molecule has 16 nitrogen and oxygen atoms in total. The fraction of sp³-hybridized carbons (Fsp3) is 0.857. The number of aliphatic carboxylic acids is 1. The van der Waals surface area contributed by atoms with Crippen molar-refractivity contribution in [2.75, 3.05) is 55.0 Å². The lowest BCUT2D eigenvalue weighted by molar-refractivity contribution is -0.148. The van der Waals surface area contributed by atoms with Gasteiger partial charge in [-0.05, 0) is 71.8 Å². The second-order valence-corrected chi connectivity index (χ2v) is 17.8. The summed E-state index contributed by atoms with van der Waals surface area (Å²) in [5, 5.41) is 14.9. The van der Waals surface area contributed by atoms with Crippen molar-refractivity contribution in [1.82, 2.24) is 30.2 Å². The monoisotopic (exact) mass is 827 g/mol. The Morgan fingerprint density at radius 3 is 1.95 bits per heavy atom. The minimum atomic E-state index is -1.15. The zero-order chi connectivity index (χ0) is 44.8. The van der Waals surface area contributed by atoms with E-state index in [1.165, 1.54) is 26.0 Å². The highest BCUT2D eigenvalue weighted by Crippen LogP contribution is 2.30. The molecule has 16 heteroatoms. The number of carbonyl (C=O) groups is 6. The van der Waals surface area contributed by atoms with Crippen LogP contribution in [0.5, 0.6) is 0 Å². The molecule has 0 unspecified atom stereocenters. The first-order chi connectivity index (χ1) is 26.8. The van der Waals surface area contributed by atoms with E-state index in [-0.39, 0.29) is 41.9 Å². The Morgan fingerprint density at radius 1 is 0.862 bits per heavy atom. The predicted octanol–water partition coefficient (Wildman–Crippen LogP) is 3.85. The molecule has 3 N–H and O–H groups in total. The van der Waals surface area contributed by atoms with E-state index in [2.05, 4.69) is 10.6 Å². The van der Waals surface area contributed by atoms with Gasteiger partial charge in [-0.3, -0.25) is 28.9 Å². The zero-order valence-electron chi connectivity index (χ0n) is 38.4. The van der Waals surface area contributed by atoms with Crippen molar-refractivity contribution >= 4 is 35.7 Å². The molecule has 1 heterocycles. The second-order valence-electron chi connectivity index (χ2n) is 17.8. The Balaban J connectivity index is 3.22. The van der Waals surface area contributed by atoms with Gasteiger partial charge in [0.15, 0.2) is 0 Å². The third kappa shape index (κ3) is 15.3. The Bertz CT molecular complexity index is 1360. The summed E-state index contributed by atoms with van der Waals surface area (Å²) in [6.45, 7) is 21.6. The number of likely N-dealkylation sites (tertiary alicyclic amines) is 1. The molecule has 0 saturated carbocycles. The minimum absolute atomic E-state index is 0.0330. The maximum absolute atomic E-state index is 14.5. The van der Waals surface area contributed by atoms with E-state index >= 15 is 0 Å². The van der Waals surface area contributed by atoms with Gasteiger partial charge in [-0.2, -0.15) is 0 Å². The molecule has 0 radical (unpaired) electrons. The van der Waals surface area contributed by atoms with Gasteiger partial charge in [0.05, 0.1) is 42.7 Å². The summed E-state index contributed by atoms with van der Waals surface area (Å²) in [7, 11) is 8.25. The Kier molecular flexibility index (Phi) is 21.7. The number of amides is 5. The van der Waals surface area contributed by atoms with Crippen molar-refractivity contribution in [3.63, 3.8) is 0 Å². The molecule has 1 fully saturated rings. The van der Waals surface area contributed by atoms with Gasteiger partial charge >= 0.3 is 12.1 Å². The van der Waals surface area contributed by atoms with Crippen molar-refractivity contribution in [2.24, 2.45) is 23.7 Å². The maximum atomic E-state index is 14.5. The first kappa shape index (κ1) is 52.5. The number of methoxy groups -OCH3 is 2. The van der Waals surface area contributed by atoms with Crippen LogP contribution >= 0.6 is 0 Å². The SMILES string of the molecule is CC[C@H](C)[C@@H]([C@@H](CC(=O)N1CCC[C@H]1[C@H](OC)[C@@H](C)C(=O)N[C@@H](C)C(=O)O)OC)N(C)C(=O)[C@@H](NC(=O)[C@H](C(C)C)N(C)CCCN(C)C(=O)OC(C)(C)C)C(C)C. The van der Waals surface area contributed by atoms with Crippen LogP contribution in [-0.4, -0.2) is 163 Å². The average Bonchev–Trinajstić information content (AvgIpc) is 3.61. The largest absolute Gasteiger partial charge is 0.480 e. The number of ether oxygens (including phenoxy) is 3. The number of hydrogen-bond donors (Lipinski definition) is 3. The molecule has 1 aliphatic heterocycles.